The van der Waals surface area contributed by atoms with Crippen molar-refractivity contribution < 1.29 is 9.59 Å². The Labute approximate surface area is 133 Å². The van der Waals surface area contributed by atoms with Crippen LogP contribution in [0.3, 0.4) is 0 Å². The van der Waals surface area contributed by atoms with E-state index in [1.807, 2.05) is 9.80 Å². The Kier molecular flexibility index (Phi) is 5.99. The number of carbonyl (C=O) groups excluding carboxylic acids is 2. The maximum Gasteiger partial charge on any atom is 0.222 e. The molecule has 120 valence electrons. The fourth-order valence-electron chi connectivity index (χ4n) is 2.83. The monoisotopic (exact) mass is 302 g/mol. The molecule has 0 N–H and O–H groups in total. The van der Waals surface area contributed by atoms with Crippen molar-refractivity contribution in [3.8, 4) is 0 Å². The van der Waals surface area contributed by atoms with Crippen LogP contribution in [0.5, 0.6) is 0 Å². The van der Waals surface area contributed by atoms with Crippen LogP contribution in [0, 0.1) is 0 Å². The zero-order valence-electron chi connectivity index (χ0n) is 13.7. The highest BCUT2D eigenvalue weighted by molar-refractivity contribution is 5.77. The van der Waals surface area contributed by atoms with Crippen LogP contribution in [0.15, 0.2) is 24.3 Å². The fraction of sp³-hybridized carbons (Fsp3) is 0.556. The van der Waals surface area contributed by atoms with E-state index in [1.54, 1.807) is 6.92 Å². The van der Waals surface area contributed by atoms with Gasteiger partial charge in [-0.05, 0) is 30.4 Å². The lowest BCUT2D eigenvalue weighted by Crippen LogP contribution is -2.36. The van der Waals surface area contributed by atoms with Crippen molar-refractivity contribution >= 4 is 11.8 Å². The predicted octanol–water partition coefficient (Wildman–Crippen LogP) is 2.26. The lowest BCUT2D eigenvalue weighted by atomic mass is 10.1. The molecular weight excluding hydrogens is 276 g/mol. The summed E-state index contributed by atoms with van der Waals surface area (Å²) >= 11 is 0. The molecule has 1 aromatic rings. The van der Waals surface area contributed by atoms with E-state index in [-0.39, 0.29) is 11.8 Å². The number of amides is 2. The van der Waals surface area contributed by atoms with Crippen molar-refractivity contribution in [2.45, 2.75) is 39.5 Å². The number of nitrogens with zero attached hydrogens (tertiary/aromatic N) is 2. The number of carbonyl (C=O) groups is 2. The van der Waals surface area contributed by atoms with Gasteiger partial charge < -0.3 is 9.80 Å². The van der Waals surface area contributed by atoms with E-state index in [0.29, 0.717) is 19.5 Å². The molecule has 0 unspecified atom stereocenters. The van der Waals surface area contributed by atoms with E-state index in [1.165, 1.54) is 11.1 Å². The second-order valence-electron chi connectivity index (χ2n) is 5.91. The Hall–Kier alpha value is -1.84. The first kappa shape index (κ1) is 16.5. The molecule has 0 saturated carbocycles. The van der Waals surface area contributed by atoms with Gasteiger partial charge in [-0.2, -0.15) is 0 Å². The summed E-state index contributed by atoms with van der Waals surface area (Å²) in [6, 6.07) is 8.50. The number of rotatable bonds is 4. The van der Waals surface area contributed by atoms with Crippen LogP contribution >= 0.6 is 0 Å². The number of hydrogen-bond donors (Lipinski definition) is 0. The van der Waals surface area contributed by atoms with Crippen LogP contribution in [0.4, 0.5) is 0 Å². The maximum absolute atomic E-state index is 12.3. The minimum absolute atomic E-state index is 0.102. The second kappa shape index (κ2) is 7.97. The molecule has 4 nitrogen and oxygen atoms in total. The third-order valence-corrected chi connectivity index (χ3v) is 4.35. The molecule has 0 spiro atoms. The number of aryl methyl sites for hydroxylation is 2. The smallest absolute Gasteiger partial charge is 0.222 e. The Morgan fingerprint density at radius 1 is 0.955 bits per heavy atom. The molecule has 0 aromatic heterocycles. The molecule has 1 aliphatic heterocycles. The van der Waals surface area contributed by atoms with Gasteiger partial charge in [-0.3, -0.25) is 9.59 Å². The van der Waals surface area contributed by atoms with Gasteiger partial charge in [0.2, 0.25) is 11.8 Å². The van der Waals surface area contributed by atoms with Crippen LogP contribution in [0.1, 0.15) is 37.8 Å². The van der Waals surface area contributed by atoms with Crippen LogP contribution in [0.25, 0.3) is 0 Å². The Morgan fingerprint density at radius 2 is 1.55 bits per heavy atom. The first-order valence-corrected chi connectivity index (χ1v) is 8.21. The summed E-state index contributed by atoms with van der Waals surface area (Å²) in [6.45, 7) is 6.58. The van der Waals surface area contributed by atoms with Crippen molar-refractivity contribution in [1.29, 1.82) is 0 Å². The minimum Gasteiger partial charge on any atom is -0.341 e. The van der Waals surface area contributed by atoms with E-state index in [9.17, 15) is 9.59 Å². The van der Waals surface area contributed by atoms with Crippen LogP contribution < -0.4 is 0 Å². The van der Waals surface area contributed by atoms with Crippen molar-refractivity contribution in [3.63, 3.8) is 0 Å². The first-order chi connectivity index (χ1) is 10.6. The van der Waals surface area contributed by atoms with Gasteiger partial charge in [0, 0.05) is 39.5 Å². The van der Waals surface area contributed by atoms with E-state index in [0.717, 1.165) is 32.4 Å². The Morgan fingerprint density at radius 3 is 2.18 bits per heavy atom. The highest BCUT2D eigenvalue weighted by Crippen LogP contribution is 2.10. The van der Waals surface area contributed by atoms with E-state index in [4.69, 9.17) is 0 Å². The van der Waals surface area contributed by atoms with Gasteiger partial charge in [-0.15, -0.1) is 0 Å². The summed E-state index contributed by atoms with van der Waals surface area (Å²) in [4.78, 5) is 27.5. The van der Waals surface area contributed by atoms with Gasteiger partial charge in [-0.1, -0.05) is 31.2 Å². The normalized spacial score (nSPS) is 15.5. The molecule has 2 rings (SSSR count). The highest BCUT2D eigenvalue weighted by atomic mass is 16.2. The molecule has 0 aliphatic carbocycles. The largest absolute Gasteiger partial charge is 0.341 e. The molecule has 0 atom stereocenters. The molecule has 22 heavy (non-hydrogen) atoms. The van der Waals surface area contributed by atoms with Gasteiger partial charge >= 0.3 is 0 Å². The topological polar surface area (TPSA) is 40.6 Å². The zero-order valence-corrected chi connectivity index (χ0v) is 13.7. The number of hydrogen-bond acceptors (Lipinski definition) is 2. The number of benzene rings is 1. The third-order valence-electron chi connectivity index (χ3n) is 4.35. The molecule has 1 aromatic carbocycles. The standard InChI is InChI=1S/C18H26N2O2/c1-3-16-5-7-17(8-6-16)9-10-18(22)20-12-4-11-19(13-14-20)15(2)21/h5-8H,3-4,9-14H2,1-2H3. The van der Waals surface area contributed by atoms with Crippen molar-refractivity contribution in [1.82, 2.24) is 9.80 Å². The van der Waals surface area contributed by atoms with Gasteiger partial charge in [0.1, 0.15) is 0 Å². The van der Waals surface area contributed by atoms with Crippen LogP contribution in [0.2, 0.25) is 0 Å². The molecular formula is C18H26N2O2. The summed E-state index contributed by atoms with van der Waals surface area (Å²) < 4.78 is 0. The zero-order chi connectivity index (χ0) is 15.9. The fourth-order valence-corrected chi connectivity index (χ4v) is 2.83. The lowest BCUT2D eigenvalue weighted by Gasteiger charge is -2.21. The summed E-state index contributed by atoms with van der Waals surface area (Å²) in [5, 5.41) is 0. The Balaban J connectivity index is 1.82. The van der Waals surface area contributed by atoms with Crippen LogP contribution in [-0.4, -0.2) is 47.8 Å². The predicted molar refractivity (Wildman–Crippen MR) is 87.6 cm³/mol. The van der Waals surface area contributed by atoms with Crippen LogP contribution in [-0.2, 0) is 22.4 Å². The second-order valence-corrected chi connectivity index (χ2v) is 5.91. The van der Waals surface area contributed by atoms with E-state index < -0.39 is 0 Å². The minimum atomic E-state index is 0.102. The van der Waals surface area contributed by atoms with Crippen molar-refractivity contribution in [3.05, 3.63) is 35.4 Å². The summed E-state index contributed by atoms with van der Waals surface area (Å²) in [6.07, 6.45) is 3.25. The molecule has 1 saturated heterocycles. The van der Waals surface area contributed by atoms with Gasteiger partial charge in [0.05, 0.1) is 0 Å². The van der Waals surface area contributed by atoms with Crippen molar-refractivity contribution in [2.75, 3.05) is 26.2 Å². The van der Waals surface area contributed by atoms with Gasteiger partial charge in [0.15, 0.2) is 0 Å². The summed E-state index contributed by atoms with van der Waals surface area (Å²) in [5.41, 5.74) is 2.54. The molecule has 1 fully saturated rings. The summed E-state index contributed by atoms with van der Waals surface area (Å²) in [5.74, 6) is 0.301. The van der Waals surface area contributed by atoms with Crippen molar-refractivity contribution in [2.24, 2.45) is 0 Å². The highest BCUT2D eigenvalue weighted by Gasteiger charge is 2.19. The maximum atomic E-state index is 12.3. The van der Waals surface area contributed by atoms with Gasteiger partial charge in [0.25, 0.3) is 0 Å². The average Bonchev–Trinajstić information content (AvgIpc) is 2.79. The molecule has 1 aliphatic rings. The lowest BCUT2D eigenvalue weighted by molar-refractivity contribution is -0.132. The third kappa shape index (κ3) is 4.58. The quantitative estimate of drug-likeness (QED) is 0.856. The molecule has 0 bridgehead atoms. The molecule has 2 amide bonds. The molecule has 0 radical (unpaired) electrons. The molecule has 4 heteroatoms. The van der Waals surface area contributed by atoms with Gasteiger partial charge in [-0.25, -0.2) is 0 Å². The molecule has 1 heterocycles. The SMILES string of the molecule is CCc1ccc(CCC(=O)N2CCCN(C(C)=O)CC2)cc1. The Bertz CT molecular complexity index is 510. The van der Waals surface area contributed by atoms with E-state index in [2.05, 4.69) is 31.2 Å². The van der Waals surface area contributed by atoms with E-state index >= 15 is 0 Å². The average molecular weight is 302 g/mol. The summed E-state index contributed by atoms with van der Waals surface area (Å²) in [7, 11) is 0. The first-order valence-electron chi connectivity index (χ1n) is 8.21.